The number of carbonyl (C=O) groups excluding carboxylic acids is 1. The van der Waals surface area contributed by atoms with E-state index in [1.165, 1.54) is 18.2 Å². The summed E-state index contributed by atoms with van der Waals surface area (Å²) in [6.45, 7) is 0.335. The lowest BCUT2D eigenvalue weighted by atomic mass is 10.1. The van der Waals surface area contributed by atoms with Crippen molar-refractivity contribution in [2.75, 3.05) is 0 Å². The Bertz CT molecular complexity index is 641. The van der Waals surface area contributed by atoms with Crippen molar-refractivity contribution in [1.82, 2.24) is 5.32 Å². The molecule has 0 aliphatic rings. The molecule has 2 rings (SSSR count). The molecule has 4 nitrogen and oxygen atoms in total. The van der Waals surface area contributed by atoms with Crippen LogP contribution in [0.5, 0.6) is 0 Å². The van der Waals surface area contributed by atoms with Crippen LogP contribution in [0.4, 0.5) is 0 Å². The van der Waals surface area contributed by atoms with Crippen molar-refractivity contribution in [3.05, 3.63) is 70.2 Å². The van der Waals surface area contributed by atoms with E-state index in [1.54, 1.807) is 0 Å². The average molecular weight is 290 g/mol. The van der Waals surface area contributed by atoms with E-state index >= 15 is 0 Å². The molecule has 0 saturated heterocycles. The second kappa shape index (κ2) is 6.21. The number of carboxylic acid groups (broad SMARTS) is 1. The van der Waals surface area contributed by atoms with Crippen LogP contribution in [0.2, 0.25) is 5.02 Å². The van der Waals surface area contributed by atoms with E-state index in [-0.39, 0.29) is 16.1 Å². The Morgan fingerprint density at radius 2 is 1.75 bits per heavy atom. The monoisotopic (exact) mass is 289 g/mol. The Kier molecular flexibility index (Phi) is 4.38. The number of carboxylic acids is 1. The van der Waals surface area contributed by atoms with Gasteiger partial charge in [-0.3, -0.25) is 4.79 Å². The smallest absolute Gasteiger partial charge is 0.336 e. The third-order valence-corrected chi connectivity index (χ3v) is 2.99. The molecule has 1 amide bonds. The number of hydrogen-bond donors (Lipinski definition) is 2. The van der Waals surface area contributed by atoms with E-state index in [1.807, 2.05) is 30.3 Å². The molecule has 2 N–H and O–H groups in total. The summed E-state index contributed by atoms with van der Waals surface area (Å²) in [4.78, 5) is 23.2. The number of halogens is 1. The van der Waals surface area contributed by atoms with Gasteiger partial charge in [-0.2, -0.15) is 0 Å². The van der Waals surface area contributed by atoms with Crippen LogP contribution >= 0.6 is 11.6 Å². The standard InChI is InChI=1S/C15H12ClNO3/c16-11-6-7-12(13(8-11)15(19)20)14(18)17-9-10-4-2-1-3-5-10/h1-8H,9H2,(H,17,18)(H,19,20). The minimum atomic E-state index is -1.18. The topological polar surface area (TPSA) is 66.4 Å². The van der Waals surface area contributed by atoms with Crippen LogP contribution in [0.15, 0.2) is 48.5 Å². The molecule has 0 atom stereocenters. The van der Waals surface area contributed by atoms with Crippen LogP contribution in [-0.4, -0.2) is 17.0 Å². The minimum absolute atomic E-state index is 0.0952. The lowest BCUT2D eigenvalue weighted by Gasteiger charge is -2.08. The molecule has 5 heteroatoms. The quantitative estimate of drug-likeness (QED) is 0.909. The lowest BCUT2D eigenvalue weighted by molar-refractivity contribution is 0.0691. The molecule has 2 aromatic carbocycles. The van der Waals surface area contributed by atoms with Crippen molar-refractivity contribution >= 4 is 23.5 Å². The van der Waals surface area contributed by atoms with Crippen molar-refractivity contribution in [2.24, 2.45) is 0 Å². The fraction of sp³-hybridized carbons (Fsp3) is 0.0667. The van der Waals surface area contributed by atoms with Crippen LogP contribution in [-0.2, 0) is 6.54 Å². The molecular formula is C15H12ClNO3. The van der Waals surface area contributed by atoms with E-state index in [0.29, 0.717) is 6.54 Å². The first-order chi connectivity index (χ1) is 9.58. The van der Waals surface area contributed by atoms with Gasteiger partial charge in [0.2, 0.25) is 0 Å². The predicted octanol–water partition coefficient (Wildman–Crippen LogP) is 2.97. The second-order valence-electron chi connectivity index (χ2n) is 4.16. The fourth-order valence-corrected chi connectivity index (χ4v) is 1.94. The Morgan fingerprint density at radius 3 is 2.40 bits per heavy atom. The molecule has 20 heavy (non-hydrogen) atoms. The second-order valence-corrected chi connectivity index (χ2v) is 4.60. The molecular weight excluding hydrogens is 278 g/mol. The van der Waals surface area contributed by atoms with Crippen molar-refractivity contribution < 1.29 is 14.7 Å². The highest BCUT2D eigenvalue weighted by Crippen LogP contribution is 2.16. The molecule has 0 radical (unpaired) electrons. The molecule has 0 saturated carbocycles. The number of amides is 1. The van der Waals surface area contributed by atoms with Crippen molar-refractivity contribution in [3.63, 3.8) is 0 Å². The highest BCUT2D eigenvalue weighted by Gasteiger charge is 2.16. The third kappa shape index (κ3) is 3.36. The van der Waals surface area contributed by atoms with Gasteiger partial charge in [0.05, 0.1) is 11.1 Å². The van der Waals surface area contributed by atoms with Crippen LogP contribution in [0.1, 0.15) is 26.3 Å². The summed E-state index contributed by atoms with van der Waals surface area (Å²) in [6.07, 6.45) is 0. The van der Waals surface area contributed by atoms with Crippen molar-refractivity contribution in [1.29, 1.82) is 0 Å². The summed E-state index contributed by atoms with van der Waals surface area (Å²) in [7, 11) is 0. The number of hydrogen-bond acceptors (Lipinski definition) is 2. The maximum Gasteiger partial charge on any atom is 0.336 e. The van der Waals surface area contributed by atoms with Crippen LogP contribution in [0, 0.1) is 0 Å². The third-order valence-electron chi connectivity index (χ3n) is 2.75. The maximum atomic E-state index is 12.0. The first kappa shape index (κ1) is 14.1. The summed E-state index contributed by atoms with van der Waals surface area (Å²) >= 11 is 5.74. The van der Waals surface area contributed by atoms with Crippen LogP contribution < -0.4 is 5.32 Å². The molecule has 102 valence electrons. The normalized spacial score (nSPS) is 10.1. The molecule has 0 unspecified atom stereocenters. The molecule has 2 aromatic rings. The van der Waals surface area contributed by atoms with E-state index in [4.69, 9.17) is 16.7 Å². The number of carbonyl (C=O) groups is 2. The summed E-state index contributed by atoms with van der Waals surface area (Å²) in [5.74, 6) is -1.62. The fourth-order valence-electron chi connectivity index (χ4n) is 1.76. The van der Waals surface area contributed by atoms with Gasteiger partial charge in [-0.25, -0.2) is 4.79 Å². The largest absolute Gasteiger partial charge is 0.478 e. The number of nitrogens with one attached hydrogen (secondary N) is 1. The van der Waals surface area contributed by atoms with Gasteiger partial charge in [0, 0.05) is 11.6 Å². The van der Waals surface area contributed by atoms with Gasteiger partial charge in [-0.15, -0.1) is 0 Å². The first-order valence-electron chi connectivity index (χ1n) is 5.93. The Labute approximate surface area is 121 Å². The Hall–Kier alpha value is -2.33. The summed E-state index contributed by atoms with van der Waals surface area (Å²) in [6, 6.07) is 13.5. The zero-order valence-electron chi connectivity index (χ0n) is 10.5. The highest BCUT2D eigenvalue weighted by atomic mass is 35.5. The predicted molar refractivity (Wildman–Crippen MR) is 76.0 cm³/mol. The van der Waals surface area contributed by atoms with Crippen LogP contribution in [0.3, 0.4) is 0 Å². The van der Waals surface area contributed by atoms with Crippen molar-refractivity contribution in [3.8, 4) is 0 Å². The Balaban J connectivity index is 2.15. The summed E-state index contributed by atoms with van der Waals surface area (Å²) in [5.41, 5.74) is 0.924. The Morgan fingerprint density at radius 1 is 1.05 bits per heavy atom. The van der Waals surface area contributed by atoms with Gasteiger partial charge in [-0.1, -0.05) is 41.9 Å². The molecule has 0 spiro atoms. The number of rotatable bonds is 4. The maximum absolute atomic E-state index is 12.0. The van der Waals surface area contributed by atoms with Gasteiger partial charge in [0.25, 0.3) is 5.91 Å². The zero-order valence-corrected chi connectivity index (χ0v) is 11.2. The lowest BCUT2D eigenvalue weighted by Crippen LogP contribution is -2.24. The number of benzene rings is 2. The summed E-state index contributed by atoms with van der Waals surface area (Å²) < 4.78 is 0. The van der Waals surface area contributed by atoms with Gasteiger partial charge >= 0.3 is 5.97 Å². The van der Waals surface area contributed by atoms with Gasteiger partial charge < -0.3 is 10.4 Å². The summed E-state index contributed by atoms with van der Waals surface area (Å²) in [5, 5.41) is 12.0. The average Bonchev–Trinajstić information content (AvgIpc) is 2.45. The van der Waals surface area contributed by atoms with E-state index < -0.39 is 11.9 Å². The van der Waals surface area contributed by atoms with Crippen LogP contribution in [0.25, 0.3) is 0 Å². The first-order valence-corrected chi connectivity index (χ1v) is 6.30. The van der Waals surface area contributed by atoms with E-state index in [0.717, 1.165) is 5.56 Å². The number of aromatic carboxylic acids is 1. The molecule has 0 heterocycles. The SMILES string of the molecule is O=C(O)c1cc(Cl)ccc1C(=O)NCc1ccccc1. The van der Waals surface area contributed by atoms with Gasteiger partial charge in [-0.05, 0) is 23.8 Å². The highest BCUT2D eigenvalue weighted by molar-refractivity contribution is 6.31. The molecule has 0 aliphatic heterocycles. The molecule has 0 aliphatic carbocycles. The molecule has 0 fully saturated rings. The van der Waals surface area contributed by atoms with Gasteiger partial charge in [0.1, 0.15) is 0 Å². The van der Waals surface area contributed by atoms with E-state index in [2.05, 4.69) is 5.32 Å². The minimum Gasteiger partial charge on any atom is -0.478 e. The molecule has 0 aromatic heterocycles. The van der Waals surface area contributed by atoms with Gasteiger partial charge in [0.15, 0.2) is 0 Å². The van der Waals surface area contributed by atoms with E-state index in [9.17, 15) is 9.59 Å². The van der Waals surface area contributed by atoms with Crippen molar-refractivity contribution in [2.45, 2.75) is 6.54 Å². The molecule has 0 bridgehead atoms. The zero-order chi connectivity index (χ0) is 14.5.